The Morgan fingerprint density at radius 3 is 2.20 bits per heavy atom. The zero-order chi connectivity index (χ0) is 34.9. The highest BCUT2D eigenvalue weighted by atomic mass is 127. The van der Waals surface area contributed by atoms with E-state index in [1.54, 1.807) is 17.3 Å². The Morgan fingerprint density at radius 1 is 0.939 bits per heavy atom. The van der Waals surface area contributed by atoms with Crippen LogP contribution in [0.1, 0.15) is 58.3 Å². The van der Waals surface area contributed by atoms with Crippen molar-refractivity contribution in [2.75, 3.05) is 55.0 Å². The monoisotopic (exact) mass is 802 g/mol. The van der Waals surface area contributed by atoms with Crippen molar-refractivity contribution < 1.29 is 35.9 Å². The summed E-state index contributed by atoms with van der Waals surface area (Å²) in [7, 11) is 3.21. The van der Waals surface area contributed by atoms with Gasteiger partial charge < -0.3 is 22.5 Å². The van der Waals surface area contributed by atoms with Crippen LogP contribution in [0, 0.1) is 0 Å². The van der Waals surface area contributed by atoms with Crippen molar-refractivity contribution in [2.24, 2.45) is 0 Å². The molecule has 3 aliphatic heterocycles. The molecule has 1 unspecified atom stereocenters. The maximum atomic E-state index is 13.8. The Hall–Kier alpha value is -4.03. The maximum Gasteiger partial charge on any atom is 0.416 e. The van der Waals surface area contributed by atoms with Crippen LogP contribution < -0.4 is 14.7 Å². The topological polar surface area (TPSA) is 90.8 Å². The van der Waals surface area contributed by atoms with E-state index in [1.807, 2.05) is 23.0 Å². The third-order valence-corrected chi connectivity index (χ3v) is 10.7. The Labute approximate surface area is 288 Å². The van der Waals surface area contributed by atoms with Gasteiger partial charge in [-0.2, -0.15) is 31.3 Å². The number of piperidine rings is 1. The van der Waals surface area contributed by atoms with Gasteiger partial charge in [0.25, 0.3) is 0 Å². The molecular weight excluding hydrogens is 769 g/mol. The molecule has 262 valence electrons. The lowest BCUT2D eigenvalue weighted by atomic mass is 10.0. The van der Waals surface area contributed by atoms with E-state index in [9.17, 15) is 31.1 Å². The van der Waals surface area contributed by atoms with Crippen molar-refractivity contribution in [1.82, 2.24) is 23.0 Å². The molecule has 0 N–H and O–H groups in total. The molecule has 2 aromatic heterocycles. The van der Waals surface area contributed by atoms with Gasteiger partial charge in [0.1, 0.15) is 11.4 Å². The molecule has 0 aliphatic carbocycles. The predicted octanol–water partition coefficient (Wildman–Crippen LogP) is 6.34. The molecule has 49 heavy (non-hydrogen) atoms. The van der Waals surface area contributed by atoms with Crippen molar-refractivity contribution in [3.63, 3.8) is 0 Å². The average molecular weight is 803 g/mol. The minimum atomic E-state index is -4.99. The standard InChI is InChI=1S/C32H33F6IN8O2/c1-44-18-21(13-39-44)22-14-40-29(41-15-22)47(17-20-10-23(31(33,34)35)12-24(11-20)32(36,37)38)25-6-9-46(19-25)27-26(28(48)49-2)16-42-30(43-27)45-7-4-3-5-8-45/h10-16,18,25H,3-9,17,19H2,1-2H3. The molecule has 0 saturated carbocycles. The first-order valence-electron chi connectivity index (χ1n) is 15.5. The molecule has 17 heteroatoms. The van der Waals surface area contributed by atoms with Gasteiger partial charge in [-0.15, -0.1) is 0 Å². The van der Waals surface area contributed by atoms with E-state index >= 15 is 0 Å². The average Bonchev–Trinajstić information content (AvgIpc) is 3.76. The number of anilines is 3. The summed E-state index contributed by atoms with van der Waals surface area (Å²) in [6.45, 7) is 1.81. The second-order valence-corrected chi connectivity index (χ2v) is 14.7. The largest absolute Gasteiger partial charge is 0.465 e. The number of methoxy groups -OCH3 is 1. The number of allylic oxidation sites excluding steroid dienone is 1. The van der Waals surface area contributed by atoms with Crippen molar-refractivity contribution >= 4 is 54.3 Å². The molecule has 0 bridgehead atoms. The zero-order valence-corrected chi connectivity index (χ0v) is 28.8. The number of ether oxygens (including phenoxy) is 1. The third-order valence-electron chi connectivity index (χ3n) is 8.57. The SMILES string of the molecule is COC(=O)c1cnc(N2CCCCC2)nc1N1CCC(N(Cc2cc(C(F)(F)F)cc(C(F)(F)F)c2)c2ncc(C3=CN(C)I=C3)cn2)C1. The zero-order valence-electron chi connectivity index (χ0n) is 26.6. The number of halogens is 7. The summed E-state index contributed by atoms with van der Waals surface area (Å²) < 4.78 is 91.9. The minimum Gasteiger partial charge on any atom is -0.465 e. The first kappa shape index (κ1) is 34.8. The highest BCUT2D eigenvalue weighted by Crippen LogP contribution is 2.38. The van der Waals surface area contributed by atoms with Gasteiger partial charge in [0.15, 0.2) is 0 Å². The Morgan fingerprint density at radius 2 is 1.61 bits per heavy atom. The molecule has 5 heterocycles. The number of hydrogen-bond acceptors (Lipinski definition) is 10. The normalized spacial score (nSPS) is 18.4. The lowest BCUT2D eigenvalue weighted by Gasteiger charge is -2.31. The number of carbonyl (C=O) groups is 1. The second-order valence-electron chi connectivity index (χ2n) is 12.0. The van der Waals surface area contributed by atoms with Gasteiger partial charge in [-0.05, 0) is 74.5 Å². The summed E-state index contributed by atoms with van der Waals surface area (Å²) in [5, 5.41) is 0. The molecule has 0 radical (unpaired) electrons. The number of benzene rings is 1. The van der Waals surface area contributed by atoms with E-state index in [4.69, 9.17) is 9.72 Å². The van der Waals surface area contributed by atoms with E-state index in [1.165, 1.54) is 13.3 Å². The molecule has 0 amide bonds. The van der Waals surface area contributed by atoms with Gasteiger partial charge in [0.2, 0.25) is 11.9 Å². The number of nitrogens with zero attached hydrogens (tertiary/aromatic N) is 8. The van der Waals surface area contributed by atoms with E-state index < -0.39 is 35.5 Å². The van der Waals surface area contributed by atoms with Crippen LogP contribution in [0.15, 0.2) is 43.0 Å². The second kappa shape index (κ2) is 14.1. The first-order chi connectivity index (χ1) is 23.3. The lowest BCUT2D eigenvalue weighted by Crippen LogP contribution is -2.39. The molecule has 10 nitrogen and oxygen atoms in total. The smallest absolute Gasteiger partial charge is 0.416 e. The van der Waals surface area contributed by atoms with Gasteiger partial charge in [-0.25, -0.2) is 19.7 Å². The Kier molecular flexibility index (Phi) is 10.00. The quantitative estimate of drug-likeness (QED) is 0.111. The molecule has 1 atom stereocenters. The maximum absolute atomic E-state index is 13.8. The van der Waals surface area contributed by atoms with Crippen molar-refractivity contribution in [1.29, 1.82) is 0 Å². The molecular formula is C32H33F6IN8O2. The number of rotatable bonds is 8. The number of hydrogen-bond donors (Lipinski definition) is 0. The van der Waals surface area contributed by atoms with Gasteiger partial charge in [-0.3, -0.25) is 0 Å². The van der Waals surface area contributed by atoms with Crippen LogP contribution in [-0.4, -0.2) is 79.4 Å². The minimum absolute atomic E-state index is 0.116. The molecule has 2 fully saturated rings. The Balaban J connectivity index is 1.36. The van der Waals surface area contributed by atoms with Crippen LogP contribution in [-0.2, 0) is 23.6 Å². The summed E-state index contributed by atoms with van der Waals surface area (Å²) >= 11 is -0.305. The van der Waals surface area contributed by atoms with Crippen LogP contribution >= 0.6 is 21.0 Å². The highest BCUT2D eigenvalue weighted by Gasteiger charge is 2.38. The van der Waals surface area contributed by atoms with Crippen LogP contribution in [0.4, 0.5) is 44.1 Å². The number of aromatic nitrogens is 4. The highest BCUT2D eigenvalue weighted by molar-refractivity contribution is 14.2. The fourth-order valence-electron chi connectivity index (χ4n) is 6.10. The van der Waals surface area contributed by atoms with E-state index in [0.717, 1.165) is 55.6 Å². The van der Waals surface area contributed by atoms with Crippen LogP contribution in [0.5, 0.6) is 0 Å². The fourth-order valence-corrected chi connectivity index (χ4v) is 7.82. The fraction of sp³-hybridized carbons (Fsp3) is 0.438. The van der Waals surface area contributed by atoms with Crippen LogP contribution in [0.25, 0.3) is 5.57 Å². The number of alkyl halides is 6. The van der Waals surface area contributed by atoms with E-state index in [-0.39, 0.29) is 57.2 Å². The Bertz CT molecular complexity index is 1710. The molecule has 2 saturated heterocycles. The summed E-state index contributed by atoms with van der Waals surface area (Å²) in [4.78, 5) is 36.6. The summed E-state index contributed by atoms with van der Waals surface area (Å²) in [6.07, 6.45) is 0.109. The predicted molar refractivity (Wildman–Crippen MR) is 181 cm³/mol. The molecule has 6 rings (SSSR count). The van der Waals surface area contributed by atoms with Crippen molar-refractivity contribution in [3.8, 4) is 0 Å². The molecule has 3 aromatic rings. The molecule has 1 aromatic carbocycles. The van der Waals surface area contributed by atoms with Gasteiger partial charge >= 0.3 is 18.3 Å². The van der Waals surface area contributed by atoms with Crippen LogP contribution in [0.3, 0.4) is 0 Å². The lowest BCUT2D eigenvalue weighted by molar-refractivity contribution is -0.143. The first-order valence-corrected chi connectivity index (χ1v) is 17.8. The van der Waals surface area contributed by atoms with Crippen molar-refractivity contribution in [2.45, 2.75) is 50.6 Å². The van der Waals surface area contributed by atoms with Gasteiger partial charge in [0.05, 0.1) is 24.3 Å². The summed E-state index contributed by atoms with van der Waals surface area (Å²) in [6, 6.07) is 1.10. The van der Waals surface area contributed by atoms with Gasteiger partial charge in [-0.1, -0.05) is 0 Å². The molecule has 0 spiro atoms. The number of esters is 1. The van der Waals surface area contributed by atoms with E-state index in [0.29, 0.717) is 24.7 Å². The summed E-state index contributed by atoms with van der Waals surface area (Å²) in [5.74, 6) is 0.328. The van der Waals surface area contributed by atoms with Crippen LogP contribution in [0.2, 0.25) is 0 Å². The van der Waals surface area contributed by atoms with E-state index in [2.05, 4.69) is 22.1 Å². The summed E-state index contributed by atoms with van der Waals surface area (Å²) in [5.41, 5.74) is -1.16. The third kappa shape index (κ3) is 7.91. The van der Waals surface area contributed by atoms with Gasteiger partial charge in [0, 0.05) is 75.7 Å². The van der Waals surface area contributed by atoms with Crippen molar-refractivity contribution in [3.05, 3.63) is 70.8 Å². The molecule has 3 aliphatic rings. The number of carbonyl (C=O) groups excluding carboxylic acids is 1.